The van der Waals surface area contributed by atoms with E-state index in [4.69, 9.17) is 0 Å². The first-order chi connectivity index (χ1) is 12.3. The van der Waals surface area contributed by atoms with Gasteiger partial charge in [-0.3, -0.25) is 9.59 Å². The number of carbonyl (C=O) groups excluding carboxylic acids is 2. The zero-order chi connectivity index (χ0) is 19.2. The van der Waals surface area contributed by atoms with Crippen LogP contribution in [-0.2, 0) is 9.59 Å². The van der Waals surface area contributed by atoms with Gasteiger partial charge in [-0.1, -0.05) is 45.7 Å². The number of carbonyl (C=O) groups is 2. The molecule has 144 valence electrons. The Labute approximate surface area is 155 Å². The van der Waals surface area contributed by atoms with Crippen LogP contribution < -0.4 is 10.6 Å². The number of nitrogens with one attached hydrogen (secondary N) is 2. The van der Waals surface area contributed by atoms with Gasteiger partial charge in [-0.2, -0.15) is 0 Å². The molecule has 5 heteroatoms. The second-order valence-electron chi connectivity index (χ2n) is 8.25. The summed E-state index contributed by atoms with van der Waals surface area (Å²) >= 11 is 0. The maximum absolute atomic E-state index is 13.2. The van der Waals surface area contributed by atoms with E-state index in [1.165, 1.54) is 25.0 Å². The minimum atomic E-state index is -0.418. The Morgan fingerprint density at radius 3 is 2.35 bits per heavy atom. The van der Waals surface area contributed by atoms with E-state index in [0.29, 0.717) is 25.3 Å². The van der Waals surface area contributed by atoms with E-state index in [1.54, 1.807) is 12.1 Å². The maximum Gasteiger partial charge on any atom is 0.225 e. The first-order valence-electron chi connectivity index (χ1n) is 9.60. The Morgan fingerprint density at radius 2 is 1.77 bits per heavy atom. The van der Waals surface area contributed by atoms with E-state index >= 15 is 0 Å². The van der Waals surface area contributed by atoms with Gasteiger partial charge < -0.3 is 10.6 Å². The SMILES string of the molecule is CC(C)(C)C(=O)NCCCC(=O)NC(c1ccc(F)cc1)C1CCCC1. The molecule has 1 saturated carbocycles. The molecule has 2 rings (SSSR count). The van der Waals surface area contributed by atoms with Crippen LogP contribution >= 0.6 is 0 Å². The van der Waals surface area contributed by atoms with E-state index in [1.807, 2.05) is 20.8 Å². The molecule has 1 aliphatic rings. The normalized spacial score (nSPS) is 16.3. The Morgan fingerprint density at radius 1 is 1.15 bits per heavy atom. The molecule has 4 nitrogen and oxygen atoms in total. The van der Waals surface area contributed by atoms with Gasteiger partial charge in [0, 0.05) is 18.4 Å². The lowest BCUT2D eigenvalue weighted by molar-refractivity contribution is -0.128. The van der Waals surface area contributed by atoms with Crippen molar-refractivity contribution < 1.29 is 14.0 Å². The van der Waals surface area contributed by atoms with Crippen LogP contribution in [0.2, 0.25) is 0 Å². The molecule has 1 aromatic carbocycles. The first-order valence-corrected chi connectivity index (χ1v) is 9.60. The van der Waals surface area contributed by atoms with Crippen molar-refractivity contribution in [1.29, 1.82) is 0 Å². The minimum Gasteiger partial charge on any atom is -0.356 e. The number of hydrogen-bond acceptors (Lipinski definition) is 2. The van der Waals surface area contributed by atoms with Crippen molar-refractivity contribution in [3.63, 3.8) is 0 Å². The zero-order valence-corrected chi connectivity index (χ0v) is 16.1. The number of benzene rings is 1. The van der Waals surface area contributed by atoms with Crippen molar-refractivity contribution in [2.45, 2.75) is 65.3 Å². The van der Waals surface area contributed by atoms with Crippen LogP contribution in [0.1, 0.15) is 70.9 Å². The molecule has 0 aromatic heterocycles. The van der Waals surface area contributed by atoms with Crippen molar-refractivity contribution in [1.82, 2.24) is 10.6 Å². The Hall–Kier alpha value is -1.91. The van der Waals surface area contributed by atoms with Crippen molar-refractivity contribution >= 4 is 11.8 Å². The summed E-state index contributed by atoms with van der Waals surface area (Å²) in [6, 6.07) is 6.37. The average molecular weight is 362 g/mol. The molecule has 0 bridgehead atoms. The van der Waals surface area contributed by atoms with Crippen molar-refractivity contribution in [2.75, 3.05) is 6.54 Å². The van der Waals surface area contributed by atoms with Gasteiger partial charge >= 0.3 is 0 Å². The topological polar surface area (TPSA) is 58.2 Å². The quantitative estimate of drug-likeness (QED) is 0.717. The molecule has 0 heterocycles. The largest absolute Gasteiger partial charge is 0.356 e. The van der Waals surface area contributed by atoms with E-state index in [-0.39, 0.29) is 23.7 Å². The van der Waals surface area contributed by atoms with E-state index in [9.17, 15) is 14.0 Å². The molecule has 2 N–H and O–H groups in total. The van der Waals surface area contributed by atoms with Gasteiger partial charge in [-0.25, -0.2) is 4.39 Å². The molecule has 2 amide bonds. The summed E-state index contributed by atoms with van der Waals surface area (Å²) in [6.45, 7) is 6.09. The summed E-state index contributed by atoms with van der Waals surface area (Å²) in [5, 5.41) is 6.00. The molecule has 0 spiro atoms. The monoisotopic (exact) mass is 362 g/mol. The molecule has 1 fully saturated rings. The van der Waals surface area contributed by atoms with E-state index < -0.39 is 5.41 Å². The third-order valence-corrected chi connectivity index (χ3v) is 4.96. The fourth-order valence-corrected chi connectivity index (χ4v) is 3.40. The molecule has 0 aliphatic heterocycles. The number of hydrogen-bond donors (Lipinski definition) is 2. The second kappa shape index (κ2) is 9.15. The molecule has 1 atom stereocenters. The zero-order valence-electron chi connectivity index (χ0n) is 16.1. The smallest absolute Gasteiger partial charge is 0.225 e. The molecule has 1 aliphatic carbocycles. The molecule has 0 saturated heterocycles. The van der Waals surface area contributed by atoms with Crippen LogP contribution in [0.15, 0.2) is 24.3 Å². The van der Waals surface area contributed by atoms with Gasteiger partial charge in [0.25, 0.3) is 0 Å². The van der Waals surface area contributed by atoms with Gasteiger partial charge in [-0.15, -0.1) is 0 Å². The average Bonchev–Trinajstić information content (AvgIpc) is 3.10. The predicted octanol–water partition coefficient (Wildman–Crippen LogP) is 4.12. The highest BCUT2D eigenvalue weighted by molar-refractivity contribution is 5.81. The van der Waals surface area contributed by atoms with E-state index in [0.717, 1.165) is 18.4 Å². The van der Waals surface area contributed by atoms with E-state index in [2.05, 4.69) is 10.6 Å². The van der Waals surface area contributed by atoms with Crippen molar-refractivity contribution in [3.05, 3.63) is 35.6 Å². The highest BCUT2D eigenvalue weighted by atomic mass is 19.1. The highest BCUT2D eigenvalue weighted by Gasteiger charge is 2.27. The molecular weight excluding hydrogens is 331 g/mol. The number of halogens is 1. The Bertz CT molecular complexity index is 601. The first kappa shape index (κ1) is 20.4. The molecular formula is C21H31FN2O2. The van der Waals surface area contributed by atoms with Crippen LogP contribution in [0.5, 0.6) is 0 Å². The fraction of sp³-hybridized carbons (Fsp3) is 0.619. The third kappa shape index (κ3) is 6.11. The predicted molar refractivity (Wildman–Crippen MR) is 101 cm³/mol. The van der Waals surface area contributed by atoms with Crippen LogP contribution in [-0.4, -0.2) is 18.4 Å². The molecule has 0 radical (unpaired) electrons. The van der Waals surface area contributed by atoms with Crippen LogP contribution in [0.4, 0.5) is 4.39 Å². The molecule has 1 unspecified atom stereocenters. The highest BCUT2D eigenvalue weighted by Crippen LogP contribution is 2.35. The fourth-order valence-electron chi connectivity index (χ4n) is 3.40. The van der Waals surface area contributed by atoms with Crippen molar-refractivity contribution in [3.8, 4) is 0 Å². The lowest BCUT2D eigenvalue weighted by atomic mass is 9.91. The summed E-state index contributed by atoms with van der Waals surface area (Å²) in [5.74, 6) is 0.120. The third-order valence-electron chi connectivity index (χ3n) is 4.96. The summed E-state index contributed by atoms with van der Waals surface area (Å²) in [7, 11) is 0. The van der Waals surface area contributed by atoms with Crippen molar-refractivity contribution in [2.24, 2.45) is 11.3 Å². The van der Waals surface area contributed by atoms with Gasteiger partial charge in [0.05, 0.1) is 6.04 Å². The van der Waals surface area contributed by atoms with Gasteiger partial charge in [0.15, 0.2) is 0 Å². The lowest BCUT2D eigenvalue weighted by Crippen LogP contribution is -2.36. The number of amides is 2. The Balaban J connectivity index is 1.86. The maximum atomic E-state index is 13.2. The van der Waals surface area contributed by atoms with Crippen LogP contribution in [0, 0.1) is 17.2 Å². The number of rotatable bonds is 7. The van der Waals surface area contributed by atoms with Gasteiger partial charge in [0.1, 0.15) is 5.82 Å². The Kier molecular flexibility index (Phi) is 7.18. The van der Waals surface area contributed by atoms with Gasteiger partial charge in [0.2, 0.25) is 11.8 Å². The molecule has 1 aromatic rings. The van der Waals surface area contributed by atoms with Crippen LogP contribution in [0.25, 0.3) is 0 Å². The molecule has 26 heavy (non-hydrogen) atoms. The van der Waals surface area contributed by atoms with Crippen LogP contribution in [0.3, 0.4) is 0 Å². The standard InChI is InChI=1S/C21H31FN2O2/c1-21(2,3)20(26)23-14-6-9-18(25)24-19(15-7-4-5-8-15)16-10-12-17(22)13-11-16/h10-13,15,19H,4-9,14H2,1-3H3,(H,23,26)(H,24,25). The summed E-state index contributed by atoms with van der Waals surface area (Å²) < 4.78 is 13.2. The second-order valence-corrected chi connectivity index (χ2v) is 8.25. The summed E-state index contributed by atoms with van der Waals surface area (Å²) in [6.07, 6.45) is 5.51. The lowest BCUT2D eigenvalue weighted by Gasteiger charge is -2.25. The summed E-state index contributed by atoms with van der Waals surface area (Å²) in [4.78, 5) is 24.2. The minimum absolute atomic E-state index is 0.00643. The summed E-state index contributed by atoms with van der Waals surface area (Å²) in [5.41, 5.74) is 0.547. The van der Waals surface area contributed by atoms with Gasteiger partial charge in [-0.05, 0) is 42.9 Å².